The van der Waals surface area contributed by atoms with Gasteiger partial charge in [-0.15, -0.1) is 0 Å². The second-order valence-corrected chi connectivity index (χ2v) is 4.31. The maximum atomic E-state index is 4.23. The Kier molecular flexibility index (Phi) is 3.53. The van der Waals surface area contributed by atoms with Crippen LogP contribution in [0.3, 0.4) is 0 Å². The molecule has 0 aliphatic carbocycles. The highest BCUT2D eigenvalue weighted by atomic mass is 15.0. The lowest BCUT2D eigenvalue weighted by molar-refractivity contribution is 0.596. The van der Waals surface area contributed by atoms with Gasteiger partial charge in [0.25, 0.3) is 0 Å². The molecule has 3 rings (SSSR count). The van der Waals surface area contributed by atoms with Crippen molar-refractivity contribution in [3.8, 4) is 0 Å². The number of allylic oxidation sites excluding steroid dienone is 1. The van der Waals surface area contributed by atoms with Gasteiger partial charge in [-0.3, -0.25) is 0 Å². The first-order chi connectivity index (χ1) is 8.33. The van der Waals surface area contributed by atoms with Crippen LogP contribution in [0.25, 0.3) is 12.2 Å². The topological polar surface area (TPSA) is 17.0 Å². The fraction of sp³-hybridized carbons (Fsp3) is 0.467. The normalized spacial score (nSPS) is 16.9. The van der Waals surface area contributed by atoms with Gasteiger partial charge in [0.05, 0.1) is 5.35 Å². The summed E-state index contributed by atoms with van der Waals surface area (Å²) in [5, 5.41) is 5.99. The van der Waals surface area contributed by atoms with Crippen molar-refractivity contribution in [2.24, 2.45) is 0 Å². The first kappa shape index (κ1) is 12.2. The number of fused-ring (bicyclic) bond motifs is 3. The number of rotatable bonds is 1. The number of nitrogens with zero attached hydrogens (tertiary/aromatic N) is 1. The minimum Gasteiger partial charge on any atom is -0.344 e. The van der Waals surface area contributed by atoms with E-state index in [9.17, 15) is 0 Å². The van der Waals surface area contributed by atoms with Crippen molar-refractivity contribution in [2.45, 2.75) is 39.8 Å². The maximum absolute atomic E-state index is 4.23. The Bertz CT molecular complexity index is 534. The van der Waals surface area contributed by atoms with E-state index in [2.05, 4.69) is 23.0 Å². The highest BCUT2D eigenvalue weighted by Crippen LogP contribution is 2.16. The van der Waals surface area contributed by atoms with Crippen molar-refractivity contribution in [2.75, 3.05) is 6.54 Å². The first-order valence-corrected chi connectivity index (χ1v) is 6.58. The summed E-state index contributed by atoms with van der Waals surface area (Å²) in [4.78, 5) is 0. The number of hydrogen-bond acceptors (Lipinski definition) is 1. The monoisotopic (exact) mass is 230 g/mol. The molecule has 0 radical (unpaired) electrons. The van der Waals surface area contributed by atoms with Crippen LogP contribution in [0.4, 0.5) is 0 Å². The predicted octanol–water partition coefficient (Wildman–Crippen LogP) is 1.31. The third-order valence-electron chi connectivity index (χ3n) is 3.59. The minimum atomic E-state index is 0.985. The average Bonchev–Trinajstić information content (AvgIpc) is 2.93. The summed E-state index contributed by atoms with van der Waals surface area (Å²) in [6.07, 6.45) is 4.26. The van der Waals surface area contributed by atoms with E-state index in [1.807, 2.05) is 19.9 Å². The summed E-state index contributed by atoms with van der Waals surface area (Å²) in [6, 6.07) is 0. The molecule has 0 fully saturated rings. The Morgan fingerprint density at radius 1 is 1.29 bits per heavy atom. The zero-order valence-corrected chi connectivity index (χ0v) is 11.0. The SMILES string of the molecule is C=CC1=c2c(=C)c3c(n2CC1)CCNC3.CC. The quantitative estimate of drug-likeness (QED) is 0.770. The molecule has 2 nitrogen and oxygen atoms in total. The Morgan fingerprint density at radius 2 is 2.06 bits per heavy atom. The van der Waals surface area contributed by atoms with E-state index < -0.39 is 0 Å². The van der Waals surface area contributed by atoms with E-state index in [0.29, 0.717) is 0 Å². The van der Waals surface area contributed by atoms with Crippen molar-refractivity contribution in [1.82, 2.24) is 9.88 Å². The minimum absolute atomic E-state index is 0.985. The second-order valence-electron chi connectivity index (χ2n) is 4.31. The zero-order chi connectivity index (χ0) is 12.4. The van der Waals surface area contributed by atoms with Crippen molar-refractivity contribution in [3.05, 3.63) is 34.5 Å². The Morgan fingerprint density at radius 3 is 2.76 bits per heavy atom. The van der Waals surface area contributed by atoms with E-state index in [1.165, 1.54) is 27.4 Å². The fourth-order valence-corrected chi connectivity index (χ4v) is 2.86. The van der Waals surface area contributed by atoms with Gasteiger partial charge < -0.3 is 9.88 Å². The van der Waals surface area contributed by atoms with Crippen LogP contribution in [0.1, 0.15) is 31.5 Å². The molecule has 0 aromatic carbocycles. The number of hydrogen-bond donors (Lipinski definition) is 1. The standard InChI is InChI=1S/C13H16N2.C2H6/c1-3-10-5-7-15-12-4-6-14-8-11(12)9(2)13(10)15;1-2/h3,14H,1-2,4-8H2;1-2H3. The lowest BCUT2D eigenvalue weighted by atomic mass is 10.1. The molecule has 2 heteroatoms. The van der Waals surface area contributed by atoms with Crippen LogP contribution in [-0.4, -0.2) is 11.1 Å². The Hall–Kier alpha value is -1.28. The number of aromatic nitrogens is 1. The van der Waals surface area contributed by atoms with Gasteiger partial charge in [-0.05, 0) is 22.8 Å². The first-order valence-electron chi connectivity index (χ1n) is 6.58. The van der Waals surface area contributed by atoms with Crippen molar-refractivity contribution >= 4 is 12.2 Å². The lowest BCUT2D eigenvalue weighted by Crippen LogP contribution is -2.29. The highest BCUT2D eigenvalue weighted by Gasteiger charge is 2.21. The number of nitrogens with one attached hydrogen (secondary N) is 1. The molecule has 1 aromatic rings. The van der Waals surface area contributed by atoms with Gasteiger partial charge in [-0.25, -0.2) is 0 Å². The molecule has 0 amide bonds. The zero-order valence-electron chi connectivity index (χ0n) is 11.0. The van der Waals surface area contributed by atoms with Crippen molar-refractivity contribution in [1.29, 1.82) is 0 Å². The smallest absolute Gasteiger partial charge is 0.0513 e. The van der Waals surface area contributed by atoms with Gasteiger partial charge in [-0.2, -0.15) is 0 Å². The second kappa shape index (κ2) is 4.92. The molecule has 0 bridgehead atoms. The molecule has 17 heavy (non-hydrogen) atoms. The predicted molar refractivity (Wildman–Crippen MR) is 74.2 cm³/mol. The molecule has 2 aliphatic rings. The van der Waals surface area contributed by atoms with Crippen LogP contribution in [0, 0.1) is 0 Å². The van der Waals surface area contributed by atoms with E-state index in [0.717, 1.165) is 32.5 Å². The van der Waals surface area contributed by atoms with Crippen LogP contribution in [0.5, 0.6) is 0 Å². The summed E-state index contributed by atoms with van der Waals surface area (Å²) in [5.41, 5.74) is 4.30. The van der Waals surface area contributed by atoms with Gasteiger partial charge in [0, 0.05) is 31.7 Å². The van der Waals surface area contributed by atoms with Gasteiger partial charge in [0.2, 0.25) is 0 Å². The summed E-state index contributed by atoms with van der Waals surface area (Å²) in [7, 11) is 0. The summed E-state index contributed by atoms with van der Waals surface area (Å²) in [6.45, 7) is 15.3. The lowest BCUT2D eigenvalue weighted by Gasteiger charge is -2.15. The molecule has 0 unspecified atom stereocenters. The van der Waals surface area contributed by atoms with Crippen LogP contribution in [0.2, 0.25) is 0 Å². The molecular formula is C15H22N2. The van der Waals surface area contributed by atoms with E-state index in [4.69, 9.17) is 0 Å². The van der Waals surface area contributed by atoms with E-state index in [1.54, 1.807) is 0 Å². The molecule has 92 valence electrons. The maximum Gasteiger partial charge on any atom is 0.0513 e. The Balaban J connectivity index is 0.000000514. The molecule has 0 saturated heterocycles. The Labute approximate surface area is 103 Å². The molecule has 3 heterocycles. The van der Waals surface area contributed by atoms with Gasteiger partial charge in [0.1, 0.15) is 0 Å². The van der Waals surface area contributed by atoms with Gasteiger partial charge >= 0.3 is 0 Å². The molecule has 0 saturated carbocycles. The molecule has 0 spiro atoms. The largest absolute Gasteiger partial charge is 0.344 e. The van der Waals surface area contributed by atoms with E-state index in [-0.39, 0.29) is 0 Å². The molecular weight excluding hydrogens is 208 g/mol. The molecule has 0 atom stereocenters. The fourth-order valence-electron chi connectivity index (χ4n) is 2.86. The van der Waals surface area contributed by atoms with Gasteiger partial charge in [-0.1, -0.05) is 33.1 Å². The van der Waals surface area contributed by atoms with Crippen LogP contribution in [0.15, 0.2) is 12.7 Å². The molecule has 1 aromatic heterocycles. The van der Waals surface area contributed by atoms with Crippen LogP contribution >= 0.6 is 0 Å². The summed E-state index contributed by atoms with van der Waals surface area (Å²) < 4.78 is 2.45. The average molecular weight is 230 g/mol. The summed E-state index contributed by atoms with van der Waals surface area (Å²) >= 11 is 0. The highest BCUT2D eigenvalue weighted by molar-refractivity contribution is 5.58. The summed E-state index contributed by atoms with van der Waals surface area (Å²) in [5.74, 6) is 0. The molecule has 1 N–H and O–H groups in total. The molecule has 2 aliphatic heterocycles. The van der Waals surface area contributed by atoms with Crippen LogP contribution in [-0.2, 0) is 19.5 Å². The third-order valence-corrected chi connectivity index (χ3v) is 3.59. The third kappa shape index (κ3) is 1.77. The van der Waals surface area contributed by atoms with E-state index >= 15 is 0 Å². The van der Waals surface area contributed by atoms with Crippen molar-refractivity contribution in [3.63, 3.8) is 0 Å². The van der Waals surface area contributed by atoms with Gasteiger partial charge in [0.15, 0.2) is 0 Å². The van der Waals surface area contributed by atoms with Crippen LogP contribution < -0.4 is 15.9 Å². The van der Waals surface area contributed by atoms with Crippen molar-refractivity contribution < 1.29 is 0 Å².